The molecule has 2 N–H and O–H groups in total. The number of amides is 2. The number of carbonyl (C=O) groups is 2. The van der Waals surface area contributed by atoms with Crippen LogP contribution in [0, 0.1) is 0 Å². The topological polar surface area (TPSA) is 106 Å². The first-order valence-electron chi connectivity index (χ1n) is 12.4. The standard InChI is InChI=1S/C28H33N5O4/c1-19(20-8-6-5-7-9-20)31-26-29-14-12-24(32-26)33(16-15-30-27(35)37-28(2,3)4)25(34)22-10-11-23-21(18-22)13-17-36-23/h5-12,14,18-19H,13,15-17H2,1-4H3,(H,30,35)(H,29,31,32)/t19-/m0/s1. The average Bonchev–Trinajstić information content (AvgIpc) is 3.34. The SMILES string of the molecule is C[C@H](Nc1nccc(N(CCNC(=O)OC(C)(C)C)C(=O)c2ccc3c(c2)CCO3)n1)c1ccccc1. The van der Waals surface area contributed by atoms with E-state index >= 15 is 0 Å². The van der Waals surface area contributed by atoms with E-state index in [9.17, 15) is 9.59 Å². The second kappa shape index (κ2) is 11.3. The summed E-state index contributed by atoms with van der Waals surface area (Å²) in [7, 11) is 0. The van der Waals surface area contributed by atoms with Gasteiger partial charge in [-0.15, -0.1) is 0 Å². The smallest absolute Gasteiger partial charge is 0.407 e. The number of aromatic nitrogens is 2. The Labute approximate surface area is 217 Å². The van der Waals surface area contributed by atoms with Crippen LogP contribution in [0.5, 0.6) is 5.75 Å². The van der Waals surface area contributed by atoms with Crippen molar-refractivity contribution >= 4 is 23.8 Å². The van der Waals surface area contributed by atoms with Crippen molar-refractivity contribution < 1.29 is 19.1 Å². The van der Waals surface area contributed by atoms with Crippen LogP contribution in [-0.4, -0.2) is 47.3 Å². The zero-order valence-electron chi connectivity index (χ0n) is 21.7. The van der Waals surface area contributed by atoms with Crippen LogP contribution < -0.4 is 20.3 Å². The molecule has 4 rings (SSSR count). The van der Waals surface area contributed by atoms with Crippen molar-refractivity contribution in [1.29, 1.82) is 0 Å². The van der Waals surface area contributed by atoms with Crippen molar-refractivity contribution in [2.45, 2.75) is 45.8 Å². The first kappa shape index (κ1) is 25.9. The zero-order chi connectivity index (χ0) is 26.4. The highest BCUT2D eigenvalue weighted by molar-refractivity contribution is 6.06. The van der Waals surface area contributed by atoms with Crippen LogP contribution in [-0.2, 0) is 11.2 Å². The van der Waals surface area contributed by atoms with Crippen molar-refractivity contribution in [2.75, 3.05) is 29.9 Å². The molecule has 194 valence electrons. The first-order chi connectivity index (χ1) is 17.7. The van der Waals surface area contributed by atoms with Crippen LogP contribution in [0.4, 0.5) is 16.6 Å². The van der Waals surface area contributed by atoms with E-state index in [-0.39, 0.29) is 25.0 Å². The van der Waals surface area contributed by atoms with Crippen LogP contribution in [0.2, 0.25) is 0 Å². The number of hydrogen-bond acceptors (Lipinski definition) is 7. The molecule has 1 aromatic heterocycles. The number of alkyl carbamates (subject to hydrolysis) is 1. The summed E-state index contributed by atoms with van der Waals surface area (Å²) < 4.78 is 10.9. The Morgan fingerprint density at radius 2 is 1.92 bits per heavy atom. The van der Waals surface area contributed by atoms with E-state index in [1.807, 2.05) is 49.4 Å². The van der Waals surface area contributed by atoms with Crippen LogP contribution in [0.25, 0.3) is 0 Å². The van der Waals surface area contributed by atoms with Crippen molar-refractivity contribution in [3.63, 3.8) is 0 Å². The number of fused-ring (bicyclic) bond motifs is 1. The molecule has 0 unspecified atom stereocenters. The van der Waals surface area contributed by atoms with E-state index in [2.05, 4.69) is 20.6 Å². The van der Waals surface area contributed by atoms with Gasteiger partial charge in [-0.3, -0.25) is 9.69 Å². The maximum atomic E-state index is 13.7. The molecule has 0 radical (unpaired) electrons. The molecule has 37 heavy (non-hydrogen) atoms. The minimum absolute atomic E-state index is 0.0360. The Hall–Kier alpha value is -4.14. The van der Waals surface area contributed by atoms with Crippen molar-refractivity contribution in [2.24, 2.45) is 0 Å². The molecule has 2 heterocycles. The Morgan fingerprint density at radius 3 is 2.68 bits per heavy atom. The third-order valence-electron chi connectivity index (χ3n) is 5.75. The third kappa shape index (κ3) is 6.97. The van der Waals surface area contributed by atoms with Gasteiger partial charge in [0.05, 0.1) is 12.6 Å². The molecule has 0 fully saturated rings. The van der Waals surface area contributed by atoms with Crippen LogP contribution in [0.3, 0.4) is 0 Å². The molecule has 3 aromatic rings. The number of nitrogens with one attached hydrogen (secondary N) is 2. The van der Waals surface area contributed by atoms with Gasteiger partial charge in [-0.25, -0.2) is 9.78 Å². The first-order valence-corrected chi connectivity index (χ1v) is 12.4. The Balaban J connectivity index is 1.54. The molecule has 9 heteroatoms. The van der Waals surface area contributed by atoms with Crippen LogP contribution in [0.15, 0.2) is 60.8 Å². The molecule has 1 atom stereocenters. The second-order valence-corrected chi connectivity index (χ2v) is 9.82. The molecule has 0 aliphatic carbocycles. The fourth-order valence-electron chi connectivity index (χ4n) is 3.97. The predicted molar refractivity (Wildman–Crippen MR) is 142 cm³/mol. The lowest BCUT2D eigenvalue weighted by atomic mass is 10.1. The predicted octanol–water partition coefficient (Wildman–Crippen LogP) is 4.76. The lowest BCUT2D eigenvalue weighted by molar-refractivity contribution is 0.0528. The molecule has 1 aliphatic heterocycles. The average molecular weight is 504 g/mol. The minimum atomic E-state index is -0.616. The van der Waals surface area contributed by atoms with Gasteiger partial charge in [0.1, 0.15) is 17.2 Å². The number of nitrogens with zero attached hydrogens (tertiary/aromatic N) is 3. The van der Waals surface area contributed by atoms with Gasteiger partial charge in [-0.1, -0.05) is 30.3 Å². The largest absolute Gasteiger partial charge is 0.493 e. The fraction of sp³-hybridized carbons (Fsp3) is 0.357. The Kier molecular flexibility index (Phi) is 7.91. The number of ether oxygens (including phenoxy) is 2. The van der Waals surface area contributed by atoms with E-state index in [1.165, 1.54) is 4.90 Å². The number of benzene rings is 2. The Bertz CT molecular complexity index is 1240. The molecule has 0 spiro atoms. The lowest BCUT2D eigenvalue weighted by Gasteiger charge is -2.24. The van der Waals surface area contributed by atoms with Gasteiger partial charge in [-0.05, 0) is 63.1 Å². The number of anilines is 2. The van der Waals surface area contributed by atoms with Gasteiger partial charge < -0.3 is 20.1 Å². The summed E-state index contributed by atoms with van der Waals surface area (Å²) in [5.74, 6) is 1.39. The summed E-state index contributed by atoms with van der Waals surface area (Å²) in [5.41, 5.74) is 1.99. The molecule has 1 aliphatic rings. The number of carbonyl (C=O) groups excluding carboxylic acids is 2. The van der Waals surface area contributed by atoms with Crippen LogP contribution >= 0.6 is 0 Å². The summed E-state index contributed by atoms with van der Waals surface area (Å²) >= 11 is 0. The van der Waals surface area contributed by atoms with Gasteiger partial charge in [0, 0.05) is 31.3 Å². The van der Waals surface area contributed by atoms with E-state index in [1.54, 1.807) is 39.1 Å². The quantitative estimate of drug-likeness (QED) is 0.457. The molecule has 2 aromatic carbocycles. The highest BCUT2D eigenvalue weighted by atomic mass is 16.6. The summed E-state index contributed by atoms with van der Waals surface area (Å²) in [6, 6.07) is 17.0. The monoisotopic (exact) mass is 503 g/mol. The third-order valence-corrected chi connectivity index (χ3v) is 5.75. The number of rotatable bonds is 8. The summed E-state index contributed by atoms with van der Waals surface area (Å²) in [4.78, 5) is 36.3. The second-order valence-electron chi connectivity index (χ2n) is 9.82. The summed E-state index contributed by atoms with van der Waals surface area (Å²) in [6.45, 7) is 8.39. The van der Waals surface area contributed by atoms with Crippen LogP contribution in [0.1, 0.15) is 55.2 Å². The summed E-state index contributed by atoms with van der Waals surface area (Å²) in [5, 5.41) is 6.02. The van der Waals surface area contributed by atoms with Gasteiger partial charge >= 0.3 is 6.09 Å². The molecule has 0 bridgehead atoms. The molecule has 0 saturated heterocycles. The maximum absolute atomic E-state index is 13.7. The molecule has 2 amide bonds. The normalized spacial score (nSPS) is 13.2. The van der Waals surface area contributed by atoms with Crippen molar-refractivity contribution in [3.8, 4) is 5.75 Å². The summed E-state index contributed by atoms with van der Waals surface area (Å²) in [6.07, 6.45) is 1.83. The van der Waals surface area contributed by atoms with Gasteiger partial charge in [0.2, 0.25) is 5.95 Å². The molecular weight excluding hydrogens is 470 g/mol. The highest BCUT2D eigenvalue weighted by Crippen LogP contribution is 2.27. The minimum Gasteiger partial charge on any atom is -0.493 e. The van der Waals surface area contributed by atoms with E-state index in [0.717, 1.165) is 23.3 Å². The highest BCUT2D eigenvalue weighted by Gasteiger charge is 2.23. The molecule has 9 nitrogen and oxygen atoms in total. The van der Waals surface area contributed by atoms with Gasteiger partial charge in [0.15, 0.2) is 0 Å². The Morgan fingerprint density at radius 1 is 1.14 bits per heavy atom. The van der Waals surface area contributed by atoms with Crippen molar-refractivity contribution in [1.82, 2.24) is 15.3 Å². The van der Waals surface area contributed by atoms with Gasteiger partial charge in [0.25, 0.3) is 5.91 Å². The van der Waals surface area contributed by atoms with E-state index in [4.69, 9.17) is 9.47 Å². The van der Waals surface area contributed by atoms with Crippen molar-refractivity contribution in [3.05, 3.63) is 77.5 Å². The zero-order valence-corrected chi connectivity index (χ0v) is 21.7. The lowest BCUT2D eigenvalue weighted by Crippen LogP contribution is -2.41. The van der Waals surface area contributed by atoms with Gasteiger partial charge in [-0.2, -0.15) is 4.98 Å². The fourth-order valence-corrected chi connectivity index (χ4v) is 3.97. The maximum Gasteiger partial charge on any atom is 0.407 e. The molecule has 0 saturated carbocycles. The van der Waals surface area contributed by atoms with E-state index < -0.39 is 11.7 Å². The van der Waals surface area contributed by atoms with E-state index in [0.29, 0.717) is 23.9 Å². The number of hydrogen-bond donors (Lipinski definition) is 2. The molecular formula is C28H33N5O4.